The number of nitrogen functional groups attached to an aromatic ring is 1. The van der Waals surface area contributed by atoms with E-state index in [1.165, 1.54) is 0 Å². The highest BCUT2D eigenvalue weighted by Crippen LogP contribution is 2.36. The highest BCUT2D eigenvalue weighted by atomic mass is 16.3. The van der Waals surface area contributed by atoms with Crippen LogP contribution in [0.2, 0.25) is 0 Å². The fourth-order valence-electron chi connectivity index (χ4n) is 1.38. The Morgan fingerprint density at radius 2 is 2.27 bits per heavy atom. The van der Waals surface area contributed by atoms with Gasteiger partial charge in [0, 0.05) is 6.54 Å². The van der Waals surface area contributed by atoms with E-state index in [-0.39, 0.29) is 5.75 Å². The summed E-state index contributed by atoms with van der Waals surface area (Å²) in [4.78, 5) is 0. The van der Waals surface area contributed by atoms with Crippen molar-refractivity contribution in [2.75, 3.05) is 17.6 Å². The summed E-state index contributed by atoms with van der Waals surface area (Å²) in [5.74, 6) is 0.194. The van der Waals surface area contributed by atoms with Gasteiger partial charge in [-0.05, 0) is 18.1 Å². The lowest BCUT2D eigenvalue weighted by atomic mass is 10.1. The molecule has 1 aliphatic rings. The molecule has 0 spiro atoms. The summed E-state index contributed by atoms with van der Waals surface area (Å²) in [5.41, 5.74) is 7.91. The van der Waals surface area contributed by atoms with Gasteiger partial charge >= 0.3 is 0 Å². The number of phenols is 1. The van der Waals surface area contributed by atoms with E-state index in [2.05, 4.69) is 5.32 Å². The lowest BCUT2D eigenvalue weighted by molar-refractivity contribution is 0.480. The first-order valence-corrected chi connectivity index (χ1v) is 3.63. The molecule has 0 aliphatic carbocycles. The number of nitrogens with one attached hydrogen (secondary N) is 1. The number of hydrogen-bond acceptors (Lipinski definition) is 3. The molecule has 0 radical (unpaired) electrons. The standard InChI is InChI=1S/C8H10N2O/c9-6-2-1-5-3-4-10-7(5)8(6)11/h1-2,10-11H,3-4,9H2. The number of hydrogen-bond donors (Lipinski definition) is 3. The van der Waals surface area contributed by atoms with Crippen molar-refractivity contribution in [1.82, 2.24) is 0 Å². The van der Waals surface area contributed by atoms with Crippen LogP contribution in [0.4, 0.5) is 11.4 Å². The lowest BCUT2D eigenvalue weighted by Crippen LogP contribution is -1.93. The fraction of sp³-hybridized carbons (Fsp3) is 0.250. The Balaban J connectivity index is 2.62. The molecular formula is C8H10N2O. The van der Waals surface area contributed by atoms with Crippen LogP contribution in [-0.4, -0.2) is 11.7 Å². The van der Waals surface area contributed by atoms with Gasteiger partial charge in [0.1, 0.15) is 0 Å². The molecule has 1 aromatic rings. The predicted molar refractivity (Wildman–Crippen MR) is 44.7 cm³/mol. The number of anilines is 2. The van der Waals surface area contributed by atoms with E-state index >= 15 is 0 Å². The van der Waals surface area contributed by atoms with Crippen molar-refractivity contribution in [2.24, 2.45) is 0 Å². The van der Waals surface area contributed by atoms with Crippen LogP contribution in [0.3, 0.4) is 0 Å². The predicted octanol–water partition coefficient (Wildman–Crippen LogP) is 0.942. The SMILES string of the molecule is Nc1ccc2c(c1O)NCC2. The van der Waals surface area contributed by atoms with Gasteiger partial charge in [0.05, 0.1) is 11.4 Å². The Hall–Kier alpha value is -1.38. The zero-order valence-corrected chi connectivity index (χ0v) is 6.09. The van der Waals surface area contributed by atoms with Crippen molar-refractivity contribution >= 4 is 11.4 Å². The van der Waals surface area contributed by atoms with Crippen LogP contribution in [0.15, 0.2) is 12.1 Å². The van der Waals surface area contributed by atoms with Crippen molar-refractivity contribution in [3.05, 3.63) is 17.7 Å². The Labute approximate surface area is 64.8 Å². The molecule has 0 aromatic heterocycles. The van der Waals surface area contributed by atoms with Crippen molar-refractivity contribution in [3.8, 4) is 5.75 Å². The molecule has 2 rings (SSSR count). The normalized spacial score (nSPS) is 14.2. The van der Waals surface area contributed by atoms with Crippen LogP contribution < -0.4 is 11.1 Å². The van der Waals surface area contributed by atoms with Crippen LogP contribution in [0, 0.1) is 0 Å². The number of benzene rings is 1. The summed E-state index contributed by atoms with van der Waals surface area (Å²) in [5, 5.41) is 12.5. The van der Waals surface area contributed by atoms with E-state index in [0.29, 0.717) is 5.69 Å². The number of rotatable bonds is 0. The minimum absolute atomic E-state index is 0.194. The second-order valence-electron chi connectivity index (χ2n) is 2.71. The Morgan fingerprint density at radius 3 is 3.09 bits per heavy atom. The molecule has 0 saturated carbocycles. The molecule has 1 aliphatic heterocycles. The van der Waals surface area contributed by atoms with Crippen molar-refractivity contribution in [1.29, 1.82) is 0 Å². The van der Waals surface area contributed by atoms with Gasteiger partial charge in [-0.2, -0.15) is 0 Å². The maximum absolute atomic E-state index is 9.43. The third-order valence-electron chi connectivity index (χ3n) is 1.99. The first-order valence-electron chi connectivity index (χ1n) is 3.63. The highest BCUT2D eigenvalue weighted by molar-refractivity contribution is 5.73. The number of fused-ring (bicyclic) bond motifs is 1. The smallest absolute Gasteiger partial charge is 0.162 e. The molecule has 11 heavy (non-hydrogen) atoms. The summed E-state index contributed by atoms with van der Waals surface area (Å²) in [6.45, 7) is 0.895. The van der Waals surface area contributed by atoms with Crippen molar-refractivity contribution in [3.63, 3.8) is 0 Å². The summed E-state index contributed by atoms with van der Waals surface area (Å²) >= 11 is 0. The van der Waals surface area contributed by atoms with E-state index in [9.17, 15) is 5.11 Å². The zero-order valence-electron chi connectivity index (χ0n) is 6.09. The number of nitrogens with two attached hydrogens (primary N) is 1. The average Bonchev–Trinajstić information content (AvgIpc) is 2.45. The van der Waals surface area contributed by atoms with E-state index in [1.54, 1.807) is 6.07 Å². The lowest BCUT2D eigenvalue weighted by Gasteiger charge is -2.04. The second-order valence-corrected chi connectivity index (χ2v) is 2.71. The van der Waals surface area contributed by atoms with Gasteiger partial charge in [0.15, 0.2) is 5.75 Å². The van der Waals surface area contributed by atoms with Crippen molar-refractivity contribution in [2.45, 2.75) is 6.42 Å². The molecule has 0 fully saturated rings. The van der Waals surface area contributed by atoms with Gasteiger partial charge in [-0.1, -0.05) is 6.07 Å². The molecule has 4 N–H and O–H groups in total. The summed E-state index contributed by atoms with van der Waals surface area (Å²) in [6.07, 6.45) is 0.975. The molecule has 3 nitrogen and oxygen atoms in total. The van der Waals surface area contributed by atoms with Gasteiger partial charge in [-0.25, -0.2) is 0 Å². The molecule has 0 atom stereocenters. The summed E-state index contributed by atoms with van der Waals surface area (Å²) in [7, 11) is 0. The maximum Gasteiger partial charge on any atom is 0.162 e. The summed E-state index contributed by atoms with van der Waals surface area (Å²) in [6, 6.07) is 3.69. The molecule has 0 unspecified atom stereocenters. The zero-order chi connectivity index (χ0) is 7.84. The van der Waals surface area contributed by atoms with Gasteiger partial charge in [0.25, 0.3) is 0 Å². The third-order valence-corrected chi connectivity index (χ3v) is 1.99. The largest absolute Gasteiger partial charge is 0.504 e. The summed E-state index contributed by atoms with van der Waals surface area (Å²) < 4.78 is 0. The maximum atomic E-state index is 9.43. The van der Waals surface area contributed by atoms with Crippen LogP contribution in [0.5, 0.6) is 5.75 Å². The van der Waals surface area contributed by atoms with Crippen molar-refractivity contribution < 1.29 is 5.11 Å². The molecule has 0 saturated heterocycles. The van der Waals surface area contributed by atoms with E-state index in [0.717, 1.165) is 24.2 Å². The van der Waals surface area contributed by atoms with Gasteiger partial charge < -0.3 is 16.2 Å². The molecule has 1 heterocycles. The molecule has 1 aromatic carbocycles. The monoisotopic (exact) mass is 150 g/mol. The fourth-order valence-corrected chi connectivity index (χ4v) is 1.38. The third kappa shape index (κ3) is 0.808. The van der Waals surface area contributed by atoms with Gasteiger partial charge in [0.2, 0.25) is 0 Å². The van der Waals surface area contributed by atoms with E-state index in [1.807, 2.05) is 6.07 Å². The van der Waals surface area contributed by atoms with Crippen LogP contribution in [0.1, 0.15) is 5.56 Å². The minimum Gasteiger partial charge on any atom is -0.504 e. The Kier molecular flexibility index (Phi) is 1.18. The first kappa shape index (κ1) is 6.34. The van der Waals surface area contributed by atoms with E-state index < -0.39 is 0 Å². The quantitative estimate of drug-likeness (QED) is 0.381. The van der Waals surface area contributed by atoms with Crippen LogP contribution >= 0.6 is 0 Å². The van der Waals surface area contributed by atoms with Gasteiger partial charge in [-0.3, -0.25) is 0 Å². The van der Waals surface area contributed by atoms with E-state index in [4.69, 9.17) is 5.73 Å². The molecule has 3 heteroatoms. The molecule has 0 amide bonds. The average molecular weight is 150 g/mol. The molecular weight excluding hydrogens is 140 g/mol. The Bertz CT molecular complexity index is 296. The number of aromatic hydroxyl groups is 1. The van der Waals surface area contributed by atoms with Gasteiger partial charge in [-0.15, -0.1) is 0 Å². The second kappa shape index (κ2) is 2.05. The first-order chi connectivity index (χ1) is 5.29. The van der Waals surface area contributed by atoms with Crippen LogP contribution in [-0.2, 0) is 6.42 Å². The molecule has 0 bridgehead atoms. The molecule has 58 valence electrons. The highest BCUT2D eigenvalue weighted by Gasteiger charge is 2.14. The number of phenolic OH excluding ortho intramolecular Hbond substituents is 1. The topological polar surface area (TPSA) is 58.3 Å². The van der Waals surface area contributed by atoms with Crippen LogP contribution in [0.25, 0.3) is 0 Å². The minimum atomic E-state index is 0.194. The Morgan fingerprint density at radius 1 is 1.45 bits per heavy atom.